The molecule has 8 heteroatoms. The van der Waals surface area contributed by atoms with Crippen LogP contribution in [-0.4, -0.2) is 40.0 Å². The van der Waals surface area contributed by atoms with Crippen LogP contribution in [0.2, 0.25) is 0 Å². The Morgan fingerprint density at radius 2 is 2.00 bits per heavy atom. The van der Waals surface area contributed by atoms with Gasteiger partial charge in [-0.3, -0.25) is 9.48 Å². The van der Waals surface area contributed by atoms with E-state index in [-0.39, 0.29) is 24.4 Å². The van der Waals surface area contributed by atoms with Gasteiger partial charge in [0.15, 0.2) is 0 Å². The Kier molecular flexibility index (Phi) is 7.65. The molecule has 1 aromatic carbocycles. The van der Waals surface area contributed by atoms with Gasteiger partial charge >= 0.3 is 0 Å². The zero-order valence-corrected chi connectivity index (χ0v) is 16.4. The zero-order valence-electron chi connectivity index (χ0n) is 15.6. The van der Waals surface area contributed by atoms with E-state index in [0.717, 1.165) is 31.2 Å². The predicted octanol–water partition coefficient (Wildman–Crippen LogP) is 2.42. The Labute approximate surface area is 165 Å². The minimum Gasteiger partial charge on any atom is -0.488 e. The number of likely N-dealkylation sites (N-methyl/N-ethyl adjacent to an activating group) is 1. The maximum Gasteiger partial charge on any atom is 0.246 e. The normalized spacial score (nSPS) is 20.4. The summed E-state index contributed by atoms with van der Waals surface area (Å²) in [7, 11) is 3.56. The first-order valence-electron chi connectivity index (χ1n) is 8.98. The number of rotatable bonds is 6. The minimum absolute atomic E-state index is 0. The molecule has 3 rings (SSSR count). The van der Waals surface area contributed by atoms with Gasteiger partial charge in [-0.05, 0) is 50.6 Å². The molecular formula is C19H27ClN4O3. The number of aromatic nitrogens is 2. The molecule has 1 fully saturated rings. The van der Waals surface area contributed by atoms with E-state index in [1.54, 1.807) is 30.1 Å². The highest BCUT2D eigenvalue weighted by atomic mass is 35.5. The number of nitrogens with zero attached hydrogens (tertiary/aromatic N) is 2. The second kappa shape index (κ2) is 9.73. The summed E-state index contributed by atoms with van der Waals surface area (Å²) in [5.41, 5.74) is 1.49. The number of amides is 1. The van der Waals surface area contributed by atoms with Gasteiger partial charge in [0.1, 0.15) is 17.9 Å². The molecule has 3 N–H and O–H groups in total. The number of hydrogen-bond donors (Lipinski definition) is 3. The first kappa shape index (κ1) is 21.2. The summed E-state index contributed by atoms with van der Waals surface area (Å²) in [6, 6.07) is 6.76. The Morgan fingerprint density at radius 3 is 2.59 bits per heavy atom. The third kappa shape index (κ3) is 5.45. The maximum atomic E-state index is 12.5. The summed E-state index contributed by atoms with van der Waals surface area (Å²) < 4.78 is 7.55. The number of halogens is 1. The molecule has 1 aliphatic rings. The van der Waals surface area contributed by atoms with Crippen LogP contribution in [0.5, 0.6) is 5.75 Å². The minimum atomic E-state index is -0.475. The largest absolute Gasteiger partial charge is 0.488 e. The van der Waals surface area contributed by atoms with Crippen molar-refractivity contribution in [1.29, 1.82) is 0 Å². The number of carbonyl (C=O) groups is 1. The fourth-order valence-corrected chi connectivity index (χ4v) is 3.26. The first-order valence-corrected chi connectivity index (χ1v) is 8.98. The number of hydrogen-bond acceptors (Lipinski definition) is 5. The van der Waals surface area contributed by atoms with Gasteiger partial charge in [0.05, 0.1) is 12.3 Å². The predicted molar refractivity (Wildman–Crippen MR) is 106 cm³/mol. The molecular weight excluding hydrogens is 368 g/mol. The molecule has 0 spiro atoms. The zero-order chi connectivity index (χ0) is 18.5. The lowest BCUT2D eigenvalue weighted by atomic mass is 9.95. The van der Waals surface area contributed by atoms with Gasteiger partial charge in [0, 0.05) is 24.5 Å². The lowest BCUT2D eigenvalue weighted by Crippen LogP contribution is -2.34. The fourth-order valence-electron chi connectivity index (χ4n) is 3.26. The van der Waals surface area contributed by atoms with Gasteiger partial charge in [-0.25, -0.2) is 0 Å². The van der Waals surface area contributed by atoms with E-state index in [1.807, 2.05) is 25.4 Å². The molecule has 0 aliphatic heterocycles. The van der Waals surface area contributed by atoms with Gasteiger partial charge in [-0.15, -0.1) is 12.4 Å². The number of aliphatic hydroxyl groups excluding tert-OH is 1. The molecule has 2 aromatic rings. The van der Waals surface area contributed by atoms with E-state index in [9.17, 15) is 9.90 Å². The van der Waals surface area contributed by atoms with E-state index < -0.39 is 12.1 Å². The van der Waals surface area contributed by atoms with E-state index in [2.05, 4.69) is 15.7 Å². The number of ether oxygens (including phenoxy) is 1. The van der Waals surface area contributed by atoms with Crippen LogP contribution in [0.4, 0.5) is 5.69 Å². The quantitative estimate of drug-likeness (QED) is 0.700. The second-order valence-corrected chi connectivity index (χ2v) is 6.69. The Hall–Kier alpha value is -2.09. The van der Waals surface area contributed by atoms with Crippen molar-refractivity contribution in [3.05, 3.63) is 42.2 Å². The molecule has 1 heterocycles. The van der Waals surface area contributed by atoms with Crippen LogP contribution in [0.1, 0.15) is 37.3 Å². The smallest absolute Gasteiger partial charge is 0.246 e. The van der Waals surface area contributed by atoms with Crippen molar-refractivity contribution in [3.8, 4) is 5.75 Å². The Bertz CT molecular complexity index is 735. The molecule has 3 atom stereocenters. The summed E-state index contributed by atoms with van der Waals surface area (Å²) in [4.78, 5) is 12.5. The highest BCUT2D eigenvalue weighted by Gasteiger charge is 2.24. The summed E-state index contributed by atoms with van der Waals surface area (Å²) in [6.07, 6.45) is 6.72. The SMILES string of the molecule is CNC(C(=O)Nc1ccc(OC2CCCCC2O)cc1)c1cnn(C)c1.Cl. The van der Waals surface area contributed by atoms with Crippen molar-refractivity contribution in [3.63, 3.8) is 0 Å². The molecule has 0 bridgehead atoms. The summed E-state index contributed by atoms with van der Waals surface area (Å²) in [5.74, 6) is 0.545. The first-order chi connectivity index (χ1) is 12.6. The van der Waals surface area contributed by atoms with Gasteiger partial charge in [-0.2, -0.15) is 5.10 Å². The summed E-state index contributed by atoms with van der Waals surface area (Å²) >= 11 is 0. The summed E-state index contributed by atoms with van der Waals surface area (Å²) in [6.45, 7) is 0. The molecule has 1 aliphatic carbocycles. The fraction of sp³-hybridized carbons (Fsp3) is 0.474. The molecule has 0 radical (unpaired) electrons. The van der Waals surface area contributed by atoms with Crippen molar-refractivity contribution >= 4 is 24.0 Å². The third-order valence-electron chi connectivity index (χ3n) is 4.69. The lowest BCUT2D eigenvalue weighted by molar-refractivity contribution is -0.118. The van der Waals surface area contributed by atoms with Gasteiger partial charge < -0.3 is 20.5 Å². The molecule has 7 nitrogen and oxygen atoms in total. The van der Waals surface area contributed by atoms with Crippen LogP contribution in [0, 0.1) is 0 Å². The van der Waals surface area contributed by atoms with Crippen molar-refractivity contribution in [1.82, 2.24) is 15.1 Å². The van der Waals surface area contributed by atoms with Gasteiger partial charge in [0.25, 0.3) is 0 Å². The number of aliphatic hydroxyl groups is 1. The van der Waals surface area contributed by atoms with Crippen LogP contribution < -0.4 is 15.4 Å². The maximum absolute atomic E-state index is 12.5. The van der Waals surface area contributed by atoms with Crippen molar-refractivity contribution in [2.75, 3.05) is 12.4 Å². The highest BCUT2D eigenvalue weighted by Crippen LogP contribution is 2.25. The van der Waals surface area contributed by atoms with E-state index in [4.69, 9.17) is 4.74 Å². The molecule has 1 saturated carbocycles. The number of anilines is 1. The van der Waals surface area contributed by atoms with E-state index in [1.165, 1.54) is 0 Å². The standard InChI is InChI=1S/C19H26N4O3.ClH/c1-20-18(13-11-21-23(2)12-13)19(25)22-14-7-9-15(10-8-14)26-17-6-4-3-5-16(17)24;/h7-12,16-18,20,24H,3-6H2,1-2H3,(H,22,25);1H. The van der Waals surface area contributed by atoms with Gasteiger partial charge in [0.2, 0.25) is 5.91 Å². The average molecular weight is 395 g/mol. The summed E-state index contributed by atoms with van der Waals surface area (Å²) in [5, 5.41) is 20.0. The highest BCUT2D eigenvalue weighted by molar-refractivity contribution is 5.95. The second-order valence-electron chi connectivity index (χ2n) is 6.69. The molecule has 148 valence electrons. The monoisotopic (exact) mass is 394 g/mol. The van der Waals surface area contributed by atoms with Crippen molar-refractivity contribution in [2.24, 2.45) is 7.05 Å². The Balaban J connectivity index is 0.00000261. The van der Waals surface area contributed by atoms with E-state index in [0.29, 0.717) is 11.4 Å². The third-order valence-corrected chi connectivity index (χ3v) is 4.69. The van der Waals surface area contributed by atoms with Crippen LogP contribution in [-0.2, 0) is 11.8 Å². The molecule has 0 saturated heterocycles. The average Bonchev–Trinajstić information content (AvgIpc) is 3.05. The number of aryl methyl sites for hydroxylation is 1. The van der Waals surface area contributed by atoms with Crippen molar-refractivity contribution < 1.29 is 14.6 Å². The van der Waals surface area contributed by atoms with Crippen LogP contribution in [0.15, 0.2) is 36.7 Å². The topological polar surface area (TPSA) is 88.4 Å². The molecule has 3 unspecified atom stereocenters. The van der Waals surface area contributed by atoms with Crippen molar-refractivity contribution in [2.45, 2.75) is 43.9 Å². The van der Waals surface area contributed by atoms with Gasteiger partial charge in [-0.1, -0.05) is 6.42 Å². The molecule has 27 heavy (non-hydrogen) atoms. The van der Waals surface area contributed by atoms with Crippen LogP contribution in [0.25, 0.3) is 0 Å². The lowest BCUT2D eigenvalue weighted by Gasteiger charge is -2.28. The molecule has 1 amide bonds. The number of benzene rings is 1. The Morgan fingerprint density at radius 1 is 1.30 bits per heavy atom. The van der Waals surface area contributed by atoms with E-state index >= 15 is 0 Å². The number of nitrogens with one attached hydrogen (secondary N) is 2. The number of carbonyl (C=O) groups excluding carboxylic acids is 1. The molecule has 1 aromatic heterocycles. The van der Waals surface area contributed by atoms with Crippen LogP contribution in [0.3, 0.4) is 0 Å². The van der Waals surface area contributed by atoms with Crippen LogP contribution >= 0.6 is 12.4 Å².